The number of hydrogen-bond acceptors (Lipinski definition) is 1. The van der Waals surface area contributed by atoms with Gasteiger partial charge in [-0.25, -0.2) is 0 Å². The Hall–Kier alpha value is -1.35. The molecule has 1 aromatic heterocycles. The standard InChI is InChI=1S/C11H8BrNO/c12-10-4-1-8(2-5-10)9-3-6-11(14)13-7-9/h1-7H,(H,13,14). The molecule has 0 radical (unpaired) electrons. The summed E-state index contributed by atoms with van der Waals surface area (Å²) < 4.78 is 1.05. The van der Waals surface area contributed by atoms with Gasteiger partial charge in [-0.2, -0.15) is 0 Å². The van der Waals surface area contributed by atoms with E-state index in [-0.39, 0.29) is 5.56 Å². The van der Waals surface area contributed by atoms with Gasteiger partial charge in [-0.1, -0.05) is 28.1 Å². The summed E-state index contributed by atoms with van der Waals surface area (Å²) in [4.78, 5) is 13.5. The molecular weight excluding hydrogens is 242 g/mol. The zero-order valence-corrected chi connectivity index (χ0v) is 8.91. The first-order chi connectivity index (χ1) is 6.75. The summed E-state index contributed by atoms with van der Waals surface area (Å²) in [7, 11) is 0. The molecule has 2 rings (SSSR count). The largest absolute Gasteiger partial charge is 0.328 e. The van der Waals surface area contributed by atoms with Gasteiger partial charge in [0.1, 0.15) is 0 Å². The molecular formula is C11H8BrNO. The van der Waals surface area contributed by atoms with Gasteiger partial charge >= 0.3 is 0 Å². The topological polar surface area (TPSA) is 32.9 Å². The van der Waals surface area contributed by atoms with Crippen LogP contribution in [0, 0.1) is 0 Å². The predicted octanol–water partition coefficient (Wildman–Crippen LogP) is 2.80. The Morgan fingerprint density at radius 3 is 2.14 bits per heavy atom. The van der Waals surface area contributed by atoms with Gasteiger partial charge in [-0.3, -0.25) is 4.79 Å². The van der Waals surface area contributed by atoms with Crippen molar-refractivity contribution in [3.63, 3.8) is 0 Å². The first-order valence-corrected chi connectivity index (χ1v) is 5.00. The van der Waals surface area contributed by atoms with Crippen molar-refractivity contribution in [1.29, 1.82) is 0 Å². The molecule has 1 N–H and O–H groups in total. The second-order valence-corrected chi connectivity index (χ2v) is 3.86. The van der Waals surface area contributed by atoms with Gasteiger partial charge in [-0.15, -0.1) is 0 Å². The Labute approximate surface area is 89.7 Å². The fourth-order valence-corrected chi connectivity index (χ4v) is 1.50. The first kappa shape index (κ1) is 9.21. The predicted molar refractivity (Wildman–Crippen MR) is 60.2 cm³/mol. The molecule has 1 heterocycles. The van der Waals surface area contributed by atoms with Crippen LogP contribution in [-0.4, -0.2) is 4.98 Å². The molecule has 0 unspecified atom stereocenters. The van der Waals surface area contributed by atoms with E-state index < -0.39 is 0 Å². The molecule has 70 valence electrons. The molecule has 0 saturated carbocycles. The second-order valence-electron chi connectivity index (χ2n) is 2.95. The highest BCUT2D eigenvalue weighted by Gasteiger charge is 1.96. The third kappa shape index (κ3) is 1.93. The van der Waals surface area contributed by atoms with Crippen LogP contribution < -0.4 is 5.56 Å². The van der Waals surface area contributed by atoms with Crippen LogP contribution in [0.3, 0.4) is 0 Å². The minimum atomic E-state index is -0.0779. The number of aromatic amines is 1. The SMILES string of the molecule is O=c1ccc(-c2ccc(Br)cc2)c[nH]1. The zero-order valence-electron chi connectivity index (χ0n) is 7.33. The fourth-order valence-electron chi connectivity index (χ4n) is 1.23. The van der Waals surface area contributed by atoms with Crippen LogP contribution in [0.1, 0.15) is 0 Å². The van der Waals surface area contributed by atoms with Gasteiger partial charge in [-0.05, 0) is 29.3 Å². The van der Waals surface area contributed by atoms with E-state index in [1.165, 1.54) is 6.07 Å². The van der Waals surface area contributed by atoms with Crippen LogP contribution in [0.4, 0.5) is 0 Å². The molecule has 0 atom stereocenters. The minimum absolute atomic E-state index is 0.0779. The van der Waals surface area contributed by atoms with Crippen LogP contribution in [0.25, 0.3) is 11.1 Å². The van der Waals surface area contributed by atoms with Gasteiger partial charge in [0.2, 0.25) is 5.56 Å². The number of hydrogen-bond donors (Lipinski definition) is 1. The number of benzene rings is 1. The van der Waals surface area contributed by atoms with E-state index in [9.17, 15) is 4.79 Å². The highest BCUT2D eigenvalue weighted by atomic mass is 79.9. The van der Waals surface area contributed by atoms with E-state index in [0.29, 0.717) is 0 Å². The van der Waals surface area contributed by atoms with Crippen molar-refractivity contribution >= 4 is 15.9 Å². The lowest BCUT2D eigenvalue weighted by molar-refractivity contribution is 1.24. The summed E-state index contributed by atoms with van der Waals surface area (Å²) in [5.74, 6) is 0. The van der Waals surface area contributed by atoms with Crippen molar-refractivity contribution in [2.45, 2.75) is 0 Å². The molecule has 3 heteroatoms. The van der Waals surface area contributed by atoms with Gasteiger partial charge in [0.05, 0.1) is 0 Å². The molecule has 0 fully saturated rings. The van der Waals surface area contributed by atoms with Gasteiger partial charge < -0.3 is 4.98 Å². The third-order valence-corrected chi connectivity index (χ3v) is 2.49. The lowest BCUT2D eigenvalue weighted by atomic mass is 10.1. The average molecular weight is 250 g/mol. The Kier molecular flexibility index (Phi) is 2.50. The minimum Gasteiger partial charge on any atom is -0.328 e. The van der Waals surface area contributed by atoms with Gasteiger partial charge in [0.15, 0.2) is 0 Å². The summed E-state index contributed by atoms with van der Waals surface area (Å²) in [6.45, 7) is 0. The molecule has 1 aromatic carbocycles. The summed E-state index contributed by atoms with van der Waals surface area (Å²) in [6.07, 6.45) is 1.71. The van der Waals surface area contributed by atoms with Crippen molar-refractivity contribution in [2.75, 3.05) is 0 Å². The molecule has 2 aromatic rings. The lowest BCUT2D eigenvalue weighted by Crippen LogP contribution is -2.01. The maximum atomic E-state index is 10.8. The molecule has 0 aliphatic heterocycles. The van der Waals surface area contributed by atoms with Crippen molar-refractivity contribution in [3.8, 4) is 11.1 Å². The Morgan fingerprint density at radius 2 is 1.57 bits per heavy atom. The van der Waals surface area contributed by atoms with E-state index in [0.717, 1.165) is 15.6 Å². The van der Waals surface area contributed by atoms with E-state index in [4.69, 9.17) is 0 Å². The smallest absolute Gasteiger partial charge is 0.247 e. The number of halogens is 1. The normalized spacial score (nSPS) is 10.1. The van der Waals surface area contributed by atoms with E-state index in [1.54, 1.807) is 6.20 Å². The molecule has 2 nitrogen and oxygen atoms in total. The van der Waals surface area contributed by atoms with Crippen LogP contribution in [0.15, 0.2) is 51.9 Å². The molecule has 0 aliphatic carbocycles. The fraction of sp³-hybridized carbons (Fsp3) is 0. The molecule has 14 heavy (non-hydrogen) atoms. The van der Waals surface area contributed by atoms with Gasteiger partial charge in [0, 0.05) is 16.7 Å². The number of aromatic nitrogens is 1. The highest BCUT2D eigenvalue weighted by molar-refractivity contribution is 9.10. The van der Waals surface area contributed by atoms with Crippen molar-refractivity contribution in [1.82, 2.24) is 4.98 Å². The number of rotatable bonds is 1. The summed E-state index contributed by atoms with van der Waals surface area (Å²) in [5, 5.41) is 0. The molecule has 0 saturated heterocycles. The Bertz CT molecular complexity index is 467. The van der Waals surface area contributed by atoms with Crippen molar-refractivity contribution in [3.05, 3.63) is 57.4 Å². The van der Waals surface area contributed by atoms with Crippen LogP contribution in [-0.2, 0) is 0 Å². The van der Waals surface area contributed by atoms with Crippen LogP contribution in [0.2, 0.25) is 0 Å². The molecule has 0 aliphatic rings. The molecule has 0 bridgehead atoms. The summed E-state index contributed by atoms with van der Waals surface area (Å²) >= 11 is 3.37. The summed E-state index contributed by atoms with van der Waals surface area (Å²) in [5.41, 5.74) is 2.02. The van der Waals surface area contributed by atoms with Crippen LogP contribution in [0.5, 0.6) is 0 Å². The van der Waals surface area contributed by atoms with E-state index in [2.05, 4.69) is 20.9 Å². The molecule has 0 spiro atoms. The number of H-pyrrole nitrogens is 1. The van der Waals surface area contributed by atoms with E-state index >= 15 is 0 Å². The Balaban J connectivity index is 2.44. The third-order valence-electron chi connectivity index (χ3n) is 1.96. The average Bonchev–Trinajstić information content (AvgIpc) is 2.21. The van der Waals surface area contributed by atoms with Gasteiger partial charge in [0.25, 0.3) is 0 Å². The monoisotopic (exact) mass is 249 g/mol. The first-order valence-electron chi connectivity index (χ1n) is 4.20. The van der Waals surface area contributed by atoms with E-state index in [1.807, 2.05) is 30.3 Å². The maximum Gasteiger partial charge on any atom is 0.247 e. The quantitative estimate of drug-likeness (QED) is 0.829. The maximum absolute atomic E-state index is 10.8. The van der Waals surface area contributed by atoms with Crippen LogP contribution >= 0.6 is 15.9 Å². The second kappa shape index (κ2) is 3.80. The van der Waals surface area contributed by atoms with Crippen molar-refractivity contribution in [2.24, 2.45) is 0 Å². The van der Waals surface area contributed by atoms with Crippen molar-refractivity contribution < 1.29 is 0 Å². The number of pyridine rings is 1. The highest BCUT2D eigenvalue weighted by Crippen LogP contribution is 2.19. The summed E-state index contributed by atoms with van der Waals surface area (Å²) in [6, 6.07) is 11.3. The zero-order chi connectivity index (χ0) is 9.97. The molecule has 0 amide bonds. The lowest BCUT2D eigenvalue weighted by Gasteiger charge is -2.00. The number of nitrogens with one attached hydrogen (secondary N) is 1. The Morgan fingerprint density at radius 1 is 0.929 bits per heavy atom.